The van der Waals surface area contributed by atoms with Gasteiger partial charge < -0.3 is 15.0 Å². The van der Waals surface area contributed by atoms with Crippen molar-refractivity contribution in [2.75, 3.05) is 13.7 Å². The summed E-state index contributed by atoms with van der Waals surface area (Å²) in [5.74, 6) is 1.86. The summed E-state index contributed by atoms with van der Waals surface area (Å²) in [4.78, 5) is 7.76. The van der Waals surface area contributed by atoms with E-state index < -0.39 is 0 Å². The van der Waals surface area contributed by atoms with E-state index in [1.165, 1.54) is 0 Å². The lowest BCUT2D eigenvalue weighted by atomic mass is 10.1. The highest BCUT2D eigenvalue weighted by atomic mass is 16.5. The first-order valence-corrected chi connectivity index (χ1v) is 6.60. The molecule has 0 fully saturated rings. The molecule has 0 saturated heterocycles. The third-order valence-corrected chi connectivity index (χ3v) is 2.92. The van der Waals surface area contributed by atoms with Gasteiger partial charge in [0, 0.05) is 24.6 Å². The summed E-state index contributed by atoms with van der Waals surface area (Å²) in [6, 6.07) is 8.48. The Hall–Kier alpha value is -1.81. The molecule has 0 amide bonds. The minimum Gasteiger partial charge on any atom is -0.497 e. The molecule has 1 aromatic heterocycles. The van der Waals surface area contributed by atoms with Gasteiger partial charge in [-0.05, 0) is 12.1 Å². The molecule has 1 aromatic carbocycles. The lowest BCUT2D eigenvalue weighted by Crippen LogP contribution is -2.25. The zero-order valence-corrected chi connectivity index (χ0v) is 11.7. The standard InChI is InChI=1S/C15H21N3O/c1-11(2)16-8-7-15-17-10-14(18-15)12-5-4-6-13(9-12)19-3/h4-6,9-11,16H,7-8H2,1-3H3,(H,17,18). The summed E-state index contributed by atoms with van der Waals surface area (Å²) in [6.07, 6.45) is 2.78. The molecule has 102 valence electrons. The van der Waals surface area contributed by atoms with Crippen LogP contribution >= 0.6 is 0 Å². The van der Waals surface area contributed by atoms with E-state index in [0.29, 0.717) is 6.04 Å². The highest BCUT2D eigenvalue weighted by molar-refractivity contribution is 5.60. The first-order chi connectivity index (χ1) is 9.19. The maximum absolute atomic E-state index is 5.23. The molecule has 0 aliphatic heterocycles. The number of rotatable bonds is 6. The summed E-state index contributed by atoms with van der Waals surface area (Å²) in [6.45, 7) is 5.22. The number of hydrogen-bond donors (Lipinski definition) is 2. The molecule has 0 aliphatic carbocycles. The molecular weight excluding hydrogens is 238 g/mol. The van der Waals surface area contributed by atoms with Crippen LogP contribution in [0, 0.1) is 0 Å². The van der Waals surface area contributed by atoms with Crippen molar-refractivity contribution in [1.82, 2.24) is 15.3 Å². The van der Waals surface area contributed by atoms with Crippen molar-refractivity contribution in [3.05, 3.63) is 36.3 Å². The molecule has 2 rings (SSSR count). The Morgan fingerprint density at radius 1 is 1.37 bits per heavy atom. The first-order valence-electron chi connectivity index (χ1n) is 6.60. The smallest absolute Gasteiger partial charge is 0.119 e. The van der Waals surface area contributed by atoms with Gasteiger partial charge in [0.25, 0.3) is 0 Å². The molecule has 2 N–H and O–H groups in total. The quantitative estimate of drug-likeness (QED) is 0.838. The fraction of sp³-hybridized carbons (Fsp3) is 0.400. The van der Waals surface area contributed by atoms with Gasteiger partial charge in [-0.2, -0.15) is 0 Å². The average Bonchev–Trinajstić information content (AvgIpc) is 2.87. The number of H-pyrrole nitrogens is 1. The van der Waals surface area contributed by atoms with Crippen molar-refractivity contribution in [3.8, 4) is 17.0 Å². The van der Waals surface area contributed by atoms with Crippen LogP contribution in [0.5, 0.6) is 5.75 Å². The van der Waals surface area contributed by atoms with E-state index in [0.717, 1.165) is 35.8 Å². The molecule has 19 heavy (non-hydrogen) atoms. The molecular formula is C15H21N3O. The fourth-order valence-electron chi connectivity index (χ4n) is 1.91. The van der Waals surface area contributed by atoms with Gasteiger partial charge in [-0.3, -0.25) is 0 Å². The van der Waals surface area contributed by atoms with Gasteiger partial charge in [0.1, 0.15) is 11.6 Å². The zero-order chi connectivity index (χ0) is 13.7. The van der Waals surface area contributed by atoms with E-state index in [1.54, 1.807) is 7.11 Å². The second-order valence-electron chi connectivity index (χ2n) is 4.83. The molecule has 0 atom stereocenters. The number of methoxy groups -OCH3 is 1. The Labute approximate surface area is 114 Å². The first kappa shape index (κ1) is 13.6. The van der Waals surface area contributed by atoms with Crippen LogP contribution in [0.3, 0.4) is 0 Å². The lowest BCUT2D eigenvalue weighted by Gasteiger charge is -2.06. The van der Waals surface area contributed by atoms with Crippen LogP contribution in [0.1, 0.15) is 19.7 Å². The molecule has 0 saturated carbocycles. The SMILES string of the molecule is COc1cccc(-c2cnc(CCNC(C)C)[nH]2)c1. The second kappa shape index (κ2) is 6.38. The summed E-state index contributed by atoms with van der Waals surface area (Å²) in [5, 5.41) is 3.38. The van der Waals surface area contributed by atoms with E-state index in [4.69, 9.17) is 4.74 Å². The number of ether oxygens (including phenoxy) is 1. The lowest BCUT2D eigenvalue weighted by molar-refractivity contribution is 0.415. The van der Waals surface area contributed by atoms with Crippen LogP contribution in [0.4, 0.5) is 0 Å². The van der Waals surface area contributed by atoms with Gasteiger partial charge in [-0.25, -0.2) is 4.98 Å². The van der Waals surface area contributed by atoms with E-state index in [2.05, 4.69) is 29.1 Å². The molecule has 0 unspecified atom stereocenters. The monoisotopic (exact) mass is 259 g/mol. The number of aromatic amines is 1. The predicted molar refractivity (Wildman–Crippen MR) is 77.4 cm³/mol. The van der Waals surface area contributed by atoms with E-state index in [9.17, 15) is 0 Å². The average molecular weight is 259 g/mol. The van der Waals surface area contributed by atoms with Crippen molar-refractivity contribution in [1.29, 1.82) is 0 Å². The molecule has 4 heteroatoms. The number of aromatic nitrogens is 2. The third kappa shape index (κ3) is 3.83. The molecule has 0 spiro atoms. The van der Waals surface area contributed by atoms with Gasteiger partial charge in [-0.1, -0.05) is 26.0 Å². The van der Waals surface area contributed by atoms with Crippen molar-refractivity contribution in [2.45, 2.75) is 26.3 Å². The summed E-state index contributed by atoms with van der Waals surface area (Å²) in [7, 11) is 1.68. The molecule has 4 nitrogen and oxygen atoms in total. The van der Waals surface area contributed by atoms with Crippen molar-refractivity contribution in [2.24, 2.45) is 0 Å². The maximum atomic E-state index is 5.23. The Morgan fingerprint density at radius 2 is 2.21 bits per heavy atom. The maximum Gasteiger partial charge on any atom is 0.119 e. The van der Waals surface area contributed by atoms with Gasteiger partial charge >= 0.3 is 0 Å². The topological polar surface area (TPSA) is 49.9 Å². The van der Waals surface area contributed by atoms with Crippen LogP contribution in [-0.4, -0.2) is 29.7 Å². The summed E-state index contributed by atoms with van der Waals surface area (Å²) >= 11 is 0. The molecule has 1 heterocycles. The van der Waals surface area contributed by atoms with Gasteiger partial charge in [0.15, 0.2) is 0 Å². The van der Waals surface area contributed by atoms with Crippen molar-refractivity contribution < 1.29 is 4.74 Å². The van der Waals surface area contributed by atoms with E-state index >= 15 is 0 Å². The number of nitrogens with zero attached hydrogens (tertiary/aromatic N) is 1. The molecule has 2 aromatic rings. The fourth-order valence-corrected chi connectivity index (χ4v) is 1.91. The molecule has 0 radical (unpaired) electrons. The number of nitrogens with one attached hydrogen (secondary N) is 2. The third-order valence-electron chi connectivity index (χ3n) is 2.92. The highest BCUT2D eigenvalue weighted by Gasteiger charge is 2.04. The molecule has 0 bridgehead atoms. The normalized spacial score (nSPS) is 10.9. The Bertz CT molecular complexity index is 520. The van der Waals surface area contributed by atoms with E-state index in [-0.39, 0.29) is 0 Å². The molecule has 0 aliphatic rings. The largest absolute Gasteiger partial charge is 0.497 e. The van der Waals surface area contributed by atoms with Crippen molar-refractivity contribution >= 4 is 0 Å². The minimum absolute atomic E-state index is 0.507. The van der Waals surface area contributed by atoms with Crippen LogP contribution in [-0.2, 0) is 6.42 Å². The zero-order valence-electron chi connectivity index (χ0n) is 11.7. The van der Waals surface area contributed by atoms with Crippen LogP contribution < -0.4 is 10.1 Å². The van der Waals surface area contributed by atoms with Crippen LogP contribution in [0.25, 0.3) is 11.3 Å². The Morgan fingerprint density at radius 3 is 2.95 bits per heavy atom. The number of imidazole rings is 1. The predicted octanol–water partition coefficient (Wildman–Crippen LogP) is 2.63. The van der Waals surface area contributed by atoms with Crippen molar-refractivity contribution in [3.63, 3.8) is 0 Å². The Kier molecular flexibility index (Phi) is 4.58. The second-order valence-corrected chi connectivity index (χ2v) is 4.83. The van der Waals surface area contributed by atoms with Gasteiger partial charge in [0.2, 0.25) is 0 Å². The summed E-state index contributed by atoms with van der Waals surface area (Å²) in [5.41, 5.74) is 2.12. The number of hydrogen-bond acceptors (Lipinski definition) is 3. The number of benzene rings is 1. The van der Waals surface area contributed by atoms with Gasteiger partial charge in [0.05, 0.1) is 19.0 Å². The van der Waals surface area contributed by atoms with Crippen LogP contribution in [0.2, 0.25) is 0 Å². The highest BCUT2D eigenvalue weighted by Crippen LogP contribution is 2.22. The minimum atomic E-state index is 0.507. The Balaban J connectivity index is 2.03. The van der Waals surface area contributed by atoms with E-state index in [1.807, 2.05) is 30.5 Å². The van der Waals surface area contributed by atoms with Gasteiger partial charge in [-0.15, -0.1) is 0 Å². The van der Waals surface area contributed by atoms with Crippen LogP contribution in [0.15, 0.2) is 30.5 Å². The summed E-state index contributed by atoms with van der Waals surface area (Å²) < 4.78 is 5.23.